The van der Waals surface area contributed by atoms with Gasteiger partial charge in [0.2, 0.25) is 5.89 Å². The van der Waals surface area contributed by atoms with Crippen molar-refractivity contribution in [3.05, 3.63) is 64.9 Å². The van der Waals surface area contributed by atoms with Gasteiger partial charge in [-0.05, 0) is 37.6 Å². The van der Waals surface area contributed by atoms with Gasteiger partial charge in [-0.3, -0.25) is 9.78 Å². The van der Waals surface area contributed by atoms with Crippen LogP contribution in [0.5, 0.6) is 0 Å². The minimum Gasteiger partial charge on any atom is -0.345 e. The number of nitrogens with one attached hydrogen (secondary N) is 1. The van der Waals surface area contributed by atoms with Gasteiger partial charge in [0.15, 0.2) is 5.82 Å². The fraction of sp³-hybridized carbons (Fsp3) is 0.300. The molecule has 0 saturated carbocycles. The lowest BCUT2D eigenvalue weighted by molar-refractivity contribution is 0.0949. The SMILES string of the molecule is Cc1ccc(C)c(-c2ccc(C(=O)NCc3noc(C(C)C)n3)cn2)c1. The van der Waals surface area contributed by atoms with E-state index in [4.69, 9.17) is 4.52 Å². The van der Waals surface area contributed by atoms with Crippen LogP contribution in [0, 0.1) is 13.8 Å². The van der Waals surface area contributed by atoms with Crippen LogP contribution in [0.3, 0.4) is 0 Å². The molecule has 0 radical (unpaired) electrons. The third kappa shape index (κ3) is 3.96. The summed E-state index contributed by atoms with van der Waals surface area (Å²) in [6, 6.07) is 9.88. The number of carbonyl (C=O) groups is 1. The highest BCUT2D eigenvalue weighted by Gasteiger charge is 2.12. The molecule has 1 amide bonds. The van der Waals surface area contributed by atoms with Crippen LogP contribution >= 0.6 is 0 Å². The molecular formula is C20H22N4O2. The van der Waals surface area contributed by atoms with Gasteiger partial charge in [-0.15, -0.1) is 0 Å². The summed E-state index contributed by atoms with van der Waals surface area (Å²) in [5, 5.41) is 6.64. The number of hydrogen-bond donors (Lipinski definition) is 1. The number of aryl methyl sites for hydroxylation is 2. The van der Waals surface area contributed by atoms with E-state index in [-0.39, 0.29) is 18.4 Å². The molecule has 0 aliphatic rings. The Morgan fingerprint density at radius 2 is 2.00 bits per heavy atom. The first-order valence-corrected chi connectivity index (χ1v) is 8.58. The number of carbonyl (C=O) groups excluding carboxylic acids is 1. The van der Waals surface area contributed by atoms with Crippen molar-refractivity contribution in [1.82, 2.24) is 20.4 Å². The lowest BCUT2D eigenvalue weighted by Crippen LogP contribution is -2.23. The second kappa shape index (κ2) is 7.47. The van der Waals surface area contributed by atoms with Crippen LogP contribution in [-0.4, -0.2) is 21.0 Å². The van der Waals surface area contributed by atoms with Crippen molar-refractivity contribution in [2.75, 3.05) is 0 Å². The molecule has 6 nitrogen and oxygen atoms in total. The first kappa shape index (κ1) is 17.8. The second-order valence-corrected chi connectivity index (χ2v) is 6.64. The lowest BCUT2D eigenvalue weighted by Gasteiger charge is -2.08. The first-order chi connectivity index (χ1) is 12.4. The van der Waals surface area contributed by atoms with Crippen LogP contribution in [0.2, 0.25) is 0 Å². The summed E-state index contributed by atoms with van der Waals surface area (Å²) in [7, 11) is 0. The van der Waals surface area contributed by atoms with Crippen molar-refractivity contribution in [3.8, 4) is 11.3 Å². The van der Waals surface area contributed by atoms with Crippen LogP contribution in [0.25, 0.3) is 11.3 Å². The van der Waals surface area contributed by atoms with Gasteiger partial charge in [0, 0.05) is 17.7 Å². The maximum Gasteiger partial charge on any atom is 0.253 e. The van der Waals surface area contributed by atoms with Gasteiger partial charge in [-0.1, -0.05) is 36.7 Å². The molecule has 26 heavy (non-hydrogen) atoms. The molecular weight excluding hydrogens is 328 g/mol. The first-order valence-electron chi connectivity index (χ1n) is 8.58. The highest BCUT2D eigenvalue weighted by molar-refractivity contribution is 5.94. The highest BCUT2D eigenvalue weighted by Crippen LogP contribution is 2.22. The summed E-state index contributed by atoms with van der Waals surface area (Å²) in [5.74, 6) is 0.963. The molecule has 0 saturated heterocycles. The molecule has 0 spiro atoms. The van der Waals surface area contributed by atoms with Crippen molar-refractivity contribution >= 4 is 5.91 Å². The van der Waals surface area contributed by atoms with Crippen LogP contribution in [-0.2, 0) is 6.54 Å². The lowest BCUT2D eigenvalue weighted by atomic mass is 10.0. The molecule has 1 aromatic carbocycles. The standard InChI is InChI=1S/C20H22N4O2/c1-12(2)20-23-18(24-26-20)11-22-19(25)15-7-8-17(21-10-15)16-9-13(3)5-6-14(16)4/h5-10,12H,11H2,1-4H3,(H,22,25). The monoisotopic (exact) mass is 350 g/mol. The Morgan fingerprint density at radius 1 is 1.19 bits per heavy atom. The van der Waals surface area contributed by atoms with Gasteiger partial charge in [0.25, 0.3) is 5.91 Å². The normalized spacial score (nSPS) is 11.0. The Hall–Kier alpha value is -3.02. The number of amides is 1. The molecule has 0 bridgehead atoms. The zero-order valence-electron chi connectivity index (χ0n) is 15.4. The summed E-state index contributed by atoms with van der Waals surface area (Å²) in [5.41, 5.74) is 4.74. The summed E-state index contributed by atoms with van der Waals surface area (Å²) < 4.78 is 5.12. The molecule has 0 atom stereocenters. The molecule has 0 aliphatic heterocycles. The van der Waals surface area contributed by atoms with E-state index >= 15 is 0 Å². The summed E-state index contributed by atoms with van der Waals surface area (Å²) >= 11 is 0. The molecule has 6 heteroatoms. The summed E-state index contributed by atoms with van der Waals surface area (Å²) in [6.45, 7) is 8.26. The number of rotatable bonds is 5. The van der Waals surface area contributed by atoms with E-state index in [2.05, 4.69) is 38.6 Å². The number of pyridine rings is 1. The van der Waals surface area contributed by atoms with Crippen LogP contribution in [0.15, 0.2) is 41.1 Å². The molecule has 134 valence electrons. The quantitative estimate of drug-likeness (QED) is 0.757. The Balaban J connectivity index is 1.67. The molecule has 1 N–H and O–H groups in total. The fourth-order valence-electron chi connectivity index (χ4n) is 2.53. The van der Waals surface area contributed by atoms with Gasteiger partial charge < -0.3 is 9.84 Å². The van der Waals surface area contributed by atoms with E-state index in [1.807, 2.05) is 33.8 Å². The zero-order valence-corrected chi connectivity index (χ0v) is 15.4. The molecule has 0 unspecified atom stereocenters. The average Bonchev–Trinajstić information content (AvgIpc) is 3.11. The van der Waals surface area contributed by atoms with Crippen LogP contribution in [0.4, 0.5) is 0 Å². The van der Waals surface area contributed by atoms with Crippen LogP contribution < -0.4 is 5.32 Å². The van der Waals surface area contributed by atoms with Crippen molar-refractivity contribution < 1.29 is 9.32 Å². The topological polar surface area (TPSA) is 80.9 Å². The van der Waals surface area contributed by atoms with Crippen molar-refractivity contribution in [2.45, 2.75) is 40.2 Å². The Bertz CT molecular complexity index is 914. The van der Waals surface area contributed by atoms with Crippen molar-refractivity contribution in [3.63, 3.8) is 0 Å². The van der Waals surface area contributed by atoms with Gasteiger partial charge >= 0.3 is 0 Å². The minimum atomic E-state index is -0.221. The van der Waals surface area contributed by atoms with E-state index in [0.29, 0.717) is 17.3 Å². The van der Waals surface area contributed by atoms with E-state index in [0.717, 1.165) is 16.8 Å². The average molecular weight is 350 g/mol. The Morgan fingerprint density at radius 3 is 2.65 bits per heavy atom. The molecule has 0 fully saturated rings. The maximum atomic E-state index is 12.3. The fourth-order valence-corrected chi connectivity index (χ4v) is 2.53. The van der Waals surface area contributed by atoms with E-state index in [9.17, 15) is 4.79 Å². The number of nitrogens with zero attached hydrogens (tertiary/aromatic N) is 3. The second-order valence-electron chi connectivity index (χ2n) is 6.64. The van der Waals surface area contributed by atoms with E-state index in [1.54, 1.807) is 12.3 Å². The summed E-state index contributed by atoms with van der Waals surface area (Å²) in [4.78, 5) is 21.0. The Kier molecular flexibility index (Phi) is 5.11. The predicted octanol–water partition coefficient (Wildman–Crippen LogP) is 3.80. The van der Waals surface area contributed by atoms with Crippen molar-refractivity contribution in [2.24, 2.45) is 0 Å². The van der Waals surface area contributed by atoms with Gasteiger partial charge in [-0.25, -0.2) is 0 Å². The zero-order chi connectivity index (χ0) is 18.7. The molecule has 2 aromatic heterocycles. The van der Waals surface area contributed by atoms with Gasteiger partial charge in [0.1, 0.15) is 0 Å². The largest absolute Gasteiger partial charge is 0.345 e. The highest BCUT2D eigenvalue weighted by atomic mass is 16.5. The smallest absolute Gasteiger partial charge is 0.253 e. The Labute approximate surface area is 152 Å². The number of benzene rings is 1. The van der Waals surface area contributed by atoms with Crippen molar-refractivity contribution in [1.29, 1.82) is 0 Å². The summed E-state index contributed by atoms with van der Waals surface area (Å²) in [6.07, 6.45) is 1.59. The predicted molar refractivity (Wildman–Crippen MR) is 98.7 cm³/mol. The molecule has 3 rings (SSSR count). The molecule has 0 aliphatic carbocycles. The minimum absolute atomic E-state index is 0.161. The van der Waals surface area contributed by atoms with Crippen LogP contribution in [0.1, 0.15) is 53.0 Å². The van der Waals surface area contributed by atoms with E-state index < -0.39 is 0 Å². The van der Waals surface area contributed by atoms with Gasteiger partial charge in [0.05, 0.1) is 17.8 Å². The molecule has 2 heterocycles. The van der Waals surface area contributed by atoms with E-state index in [1.165, 1.54) is 5.56 Å². The number of hydrogen-bond acceptors (Lipinski definition) is 5. The molecule has 3 aromatic rings. The third-order valence-corrected chi connectivity index (χ3v) is 4.08. The number of aromatic nitrogens is 3. The maximum absolute atomic E-state index is 12.3. The van der Waals surface area contributed by atoms with Gasteiger partial charge in [-0.2, -0.15) is 4.98 Å². The third-order valence-electron chi connectivity index (χ3n) is 4.08.